The maximum Gasteiger partial charge on any atom is 0.419 e. The number of β-amino-alcohol motifs (C(OH)–C–C–N with tert-alkyl or cyclic N) is 1. The van der Waals surface area contributed by atoms with Gasteiger partial charge in [-0.2, -0.15) is 18.4 Å². The van der Waals surface area contributed by atoms with E-state index in [2.05, 4.69) is 0 Å². The van der Waals surface area contributed by atoms with Gasteiger partial charge in [0.1, 0.15) is 0 Å². The predicted octanol–water partition coefficient (Wildman–Crippen LogP) is 1.70. The average Bonchev–Trinajstić information content (AvgIpc) is 2.82. The summed E-state index contributed by atoms with van der Waals surface area (Å²) in [6, 6.07) is 7.48. The van der Waals surface area contributed by atoms with Crippen LogP contribution in [0.4, 0.5) is 13.2 Å². The molecule has 1 atom stereocenters. The van der Waals surface area contributed by atoms with Gasteiger partial charge in [-0.05, 0) is 24.3 Å². The van der Waals surface area contributed by atoms with Crippen LogP contribution in [-0.4, -0.2) is 40.8 Å². The Kier molecular flexibility index (Phi) is 3.44. The Hall–Kier alpha value is -2.07. The van der Waals surface area contributed by atoms with Gasteiger partial charge in [0.25, 0.3) is 5.91 Å². The van der Waals surface area contributed by atoms with Gasteiger partial charge in [-0.3, -0.25) is 4.79 Å². The standard InChI is InChI=1S/C13H11F3N2O2/c14-13(15,16)12(20)5-6-18(8-12)11(19)10-3-1-9(7-17)2-4-10/h1-4,20H,5-6,8H2/t12-/m0/s1. The minimum absolute atomic E-state index is 0.158. The molecule has 2 rings (SSSR count). The molecule has 0 unspecified atom stereocenters. The zero-order valence-corrected chi connectivity index (χ0v) is 10.3. The van der Waals surface area contributed by atoms with Crippen molar-refractivity contribution >= 4 is 5.91 Å². The fourth-order valence-corrected chi connectivity index (χ4v) is 2.07. The second kappa shape index (κ2) is 4.80. The van der Waals surface area contributed by atoms with E-state index in [0.717, 1.165) is 4.90 Å². The van der Waals surface area contributed by atoms with Crippen LogP contribution in [-0.2, 0) is 0 Å². The SMILES string of the molecule is N#Cc1ccc(C(=O)N2CC[C@@](O)(C(F)(F)F)C2)cc1. The highest BCUT2D eigenvalue weighted by atomic mass is 19.4. The second-order valence-corrected chi connectivity index (χ2v) is 4.70. The Morgan fingerprint density at radius 3 is 2.40 bits per heavy atom. The molecule has 1 amide bonds. The third kappa shape index (κ3) is 2.47. The molecule has 1 fully saturated rings. The molecule has 0 aromatic heterocycles. The predicted molar refractivity (Wildman–Crippen MR) is 62.7 cm³/mol. The number of benzene rings is 1. The Balaban J connectivity index is 2.14. The van der Waals surface area contributed by atoms with Crippen molar-refractivity contribution in [1.29, 1.82) is 5.26 Å². The van der Waals surface area contributed by atoms with E-state index in [1.165, 1.54) is 24.3 Å². The van der Waals surface area contributed by atoms with Gasteiger partial charge in [-0.15, -0.1) is 0 Å². The molecule has 1 saturated heterocycles. The lowest BCUT2D eigenvalue weighted by Crippen LogP contribution is -2.48. The number of aliphatic hydroxyl groups is 1. The van der Waals surface area contributed by atoms with Gasteiger partial charge in [0.2, 0.25) is 0 Å². The molecule has 7 heteroatoms. The highest BCUT2D eigenvalue weighted by Gasteiger charge is 2.57. The zero-order chi connectivity index (χ0) is 15.0. The monoisotopic (exact) mass is 284 g/mol. The summed E-state index contributed by atoms with van der Waals surface area (Å²) < 4.78 is 38.0. The fraction of sp³-hybridized carbons (Fsp3) is 0.385. The van der Waals surface area contributed by atoms with Crippen molar-refractivity contribution in [1.82, 2.24) is 4.90 Å². The summed E-state index contributed by atoms with van der Waals surface area (Å²) in [5, 5.41) is 18.1. The minimum atomic E-state index is -4.76. The van der Waals surface area contributed by atoms with Crippen LogP contribution in [0.2, 0.25) is 0 Å². The van der Waals surface area contributed by atoms with Gasteiger partial charge in [-0.1, -0.05) is 0 Å². The number of amides is 1. The smallest absolute Gasteiger partial charge is 0.379 e. The molecule has 1 heterocycles. The summed E-state index contributed by atoms with van der Waals surface area (Å²) >= 11 is 0. The summed E-state index contributed by atoms with van der Waals surface area (Å²) in [6.07, 6.45) is -5.29. The first-order valence-corrected chi connectivity index (χ1v) is 5.85. The number of hydrogen-bond acceptors (Lipinski definition) is 3. The largest absolute Gasteiger partial charge is 0.419 e. The van der Waals surface area contributed by atoms with E-state index in [1.807, 2.05) is 6.07 Å². The lowest BCUT2D eigenvalue weighted by molar-refractivity contribution is -0.253. The Bertz CT molecular complexity index is 562. The lowest BCUT2D eigenvalue weighted by atomic mass is 10.0. The molecule has 0 bridgehead atoms. The van der Waals surface area contributed by atoms with Crippen molar-refractivity contribution in [3.8, 4) is 6.07 Å². The van der Waals surface area contributed by atoms with Crippen LogP contribution in [0.3, 0.4) is 0 Å². The summed E-state index contributed by atoms with van der Waals surface area (Å²) in [5.41, 5.74) is -2.29. The molecule has 0 spiro atoms. The topological polar surface area (TPSA) is 64.3 Å². The first-order valence-electron chi connectivity index (χ1n) is 5.85. The number of carbonyl (C=O) groups is 1. The Labute approximate surface area is 113 Å². The summed E-state index contributed by atoms with van der Waals surface area (Å²) in [4.78, 5) is 13.0. The number of hydrogen-bond donors (Lipinski definition) is 1. The van der Waals surface area contributed by atoms with Crippen molar-refractivity contribution in [2.45, 2.75) is 18.2 Å². The van der Waals surface area contributed by atoms with Crippen LogP contribution in [0.5, 0.6) is 0 Å². The highest BCUT2D eigenvalue weighted by molar-refractivity contribution is 5.94. The van der Waals surface area contributed by atoms with Crippen LogP contribution in [0.15, 0.2) is 24.3 Å². The molecule has 0 saturated carbocycles. The molecule has 4 nitrogen and oxygen atoms in total. The summed E-state index contributed by atoms with van der Waals surface area (Å²) in [5.74, 6) is -0.588. The van der Waals surface area contributed by atoms with Crippen LogP contribution in [0.25, 0.3) is 0 Å². The first-order chi connectivity index (χ1) is 9.27. The Morgan fingerprint density at radius 1 is 1.35 bits per heavy atom. The second-order valence-electron chi connectivity index (χ2n) is 4.70. The maximum atomic E-state index is 12.7. The third-order valence-electron chi connectivity index (χ3n) is 3.32. The van der Waals surface area contributed by atoms with Crippen molar-refractivity contribution in [3.63, 3.8) is 0 Å². The van der Waals surface area contributed by atoms with Crippen LogP contribution < -0.4 is 0 Å². The van der Waals surface area contributed by atoms with E-state index in [-0.39, 0.29) is 12.1 Å². The van der Waals surface area contributed by atoms with Gasteiger partial charge in [0, 0.05) is 18.5 Å². The van der Waals surface area contributed by atoms with E-state index in [4.69, 9.17) is 5.26 Å². The molecule has 20 heavy (non-hydrogen) atoms. The number of carbonyl (C=O) groups excluding carboxylic acids is 1. The van der Waals surface area contributed by atoms with Crippen LogP contribution in [0.1, 0.15) is 22.3 Å². The number of alkyl halides is 3. The van der Waals surface area contributed by atoms with Gasteiger partial charge in [0.05, 0.1) is 18.2 Å². The van der Waals surface area contributed by atoms with E-state index in [1.54, 1.807) is 0 Å². The normalized spacial score (nSPS) is 22.6. The number of rotatable bonds is 1. The van der Waals surface area contributed by atoms with Crippen molar-refractivity contribution in [2.75, 3.05) is 13.1 Å². The molecular formula is C13H11F3N2O2. The quantitative estimate of drug-likeness (QED) is 0.853. The lowest BCUT2D eigenvalue weighted by Gasteiger charge is -2.25. The van der Waals surface area contributed by atoms with Crippen LogP contribution >= 0.6 is 0 Å². The minimum Gasteiger partial charge on any atom is -0.379 e. The molecule has 1 aliphatic heterocycles. The zero-order valence-electron chi connectivity index (χ0n) is 10.3. The van der Waals surface area contributed by atoms with Gasteiger partial charge < -0.3 is 10.0 Å². The van der Waals surface area contributed by atoms with E-state index < -0.39 is 30.7 Å². The van der Waals surface area contributed by atoms with E-state index in [9.17, 15) is 23.1 Å². The number of likely N-dealkylation sites (tertiary alicyclic amines) is 1. The molecule has 1 aliphatic rings. The number of nitrogens with zero attached hydrogens (tertiary/aromatic N) is 2. The molecule has 1 N–H and O–H groups in total. The molecule has 106 valence electrons. The maximum absolute atomic E-state index is 12.7. The first kappa shape index (κ1) is 14.3. The third-order valence-corrected chi connectivity index (χ3v) is 3.32. The van der Waals surface area contributed by atoms with E-state index in [0.29, 0.717) is 5.56 Å². The van der Waals surface area contributed by atoms with Crippen molar-refractivity contribution in [3.05, 3.63) is 35.4 Å². The summed E-state index contributed by atoms with van der Waals surface area (Å²) in [7, 11) is 0. The van der Waals surface area contributed by atoms with E-state index >= 15 is 0 Å². The highest BCUT2D eigenvalue weighted by Crippen LogP contribution is 2.37. The van der Waals surface area contributed by atoms with Crippen LogP contribution in [0, 0.1) is 11.3 Å². The van der Waals surface area contributed by atoms with Crippen molar-refractivity contribution in [2.24, 2.45) is 0 Å². The molecular weight excluding hydrogens is 273 g/mol. The fourth-order valence-electron chi connectivity index (χ4n) is 2.07. The van der Waals surface area contributed by atoms with Gasteiger partial charge in [-0.25, -0.2) is 0 Å². The number of halogens is 3. The summed E-state index contributed by atoms with van der Waals surface area (Å²) in [6.45, 7) is -0.926. The van der Waals surface area contributed by atoms with Gasteiger partial charge in [0.15, 0.2) is 5.60 Å². The molecule has 0 aliphatic carbocycles. The van der Waals surface area contributed by atoms with Crippen molar-refractivity contribution < 1.29 is 23.1 Å². The molecule has 0 radical (unpaired) electrons. The average molecular weight is 284 g/mol. The van der Waals surface area contributed by atoms with Gasteiger partial charge >= 0.3 is 6.18 Å². The molecule has 1 aromatic rings. The number of nitriles is 1. The molecule has 1 aromatic carbocycles. The Morgan fingerprint density at radius 2 is 1.95 bits per heavy atom.